The number of likely N-dealkylation sites (N-methyl/N-ethyl adjacent to an activating group) is 1. The van der Waals surface area contributed by atoms with Gasteiger partial charge in [0, 0.05) is 29.1 Å². The van der Waals surface area contributed by atoms with E-state index in [0.29, 0.717) is 0 Å². The molecule has 1 N–H and O–H groups in total. The summed E-state index contributed by atoms with van der Waals surface area (Å²) in [4.78, 5) is 10.7. The van der Waals surface area contributed by atoms with E-state index in [1.54, 1.807) is 0 Å². The maximum absolute atomic E-state index is 6.29. The Kier molecular flexibility index (Phi) is 6.68. The van der Waals surface area contributed by atoms with Crippen LogP contribution in [-0.2, 0) is 6.42 Å². The molecule has 0 radical (unpaired) electrons. The summed E-state index contributed by atoms with van der Waals surface area (Å²) >= 11 is 3.70. The number of ether oxygens (including phenoxy) is 1. The van der Waals surface area contributed by atoms with E-state index in [2.05, 4.69) is 109 Å². The summed E-state index contributed by atoms with van der Waals surface area (Å²) in [5.41, 5.74) is 8.00. The minimum atomic E-state index is 0.0842. The Morgan fingerprint density at radius 3 is 2.50 bits per heavy atom. The van der Waals surface area contributed by atoms with E-state index < -0.39 is 0 Å². The standard InChI is InChI=1S/C27H30BrN3O/c1-17-10-11-21(12-18(17)2)27-29-25-15-23(32-19(3)16-31(4)5)14-22(26(25)30-27)13-20-8-6-7-9-24(20)28/h6-12,14-15,19H,13,16H2,1-5H3,(H,29,30). The Balaban J connectivity index is 1.79. The Hall–Kier alpha value is -2.63. The molecule has 0 amide bonds. The highest BCUT2D eigenvalue weighted by Gasteiger charge is 2.15. The summed E-state index contributed by atoms with van der Waals surface area (Å²) in [6.45, 7) is 7.23. The number of imidazole rings is 1. The molecule has 4 nitrogen and oxygen atoms in total. The van der Waals surface area contributed by atoms with Gasteiger partial charge in [-0.1, -0.05) is 46.3 Å². The quantitative estimate of drug-likeness (QED) is 0.319. The van der Waals surface area contributed by atoms with Gasteiger partial charge in [-0.15, -0.1) is 0 Å². The molecule has 4 aromatic rings. The van der Waals surface area contributed by atoms with Crippen LogP contribution in [0.4, 0.5) is 0 Å². The van der Waals surface area contributed by atoms with Gasteiger partial charge in [-0.3, -0.25) is 0 Å². The van der Waals surface area contributed by atoms with Crippen LogP contribution in [-0.4, -0.2) is 41.6 Å². The second-order valence-corrected chi connectivity index (χ2v) is 9.68. The molecule has 0 bridgehead atoms. The van der Waals surface area contributed by atoms with E-state index in [1.807, 2.05) is 6.07 Å². The van der Waals surface area contributed by atoms with Crippen molar-refractivity contribution in [3.8, 4) is 17.1 Å². The van der Waals surface area contributed by atoms with E-state index in [0.717, 1.165) is 51.2 Å². The third kappa shape index (κ3) is 5.05. The molecule has 0 spiro atoms. The van der Waals surface area contributed by atoms with Gasteiger partial charge in [0.05, 0.1) is 11.0 Å². The first-order valence-electron chi connectivity index (χ1n) is 10.9. The second kappa shape index (κ2) is 9.47. The van der Waals surface area contributed by atoms with Crippen molar-refractivity contribution in [1.82, 2.24) is 14.9 Å². The molecule has 0 aliphatic heterocycles. The fraction of sp³-hybridized carbons (Fsp3) is 0.296. The zero-order valence-electron chi connectivity index (χ0n) is 19.4. The number of benzene rings is 3. The minimum Gasteiger partial charge on any atom is -0.489 e. The molecule has 3 aromatic carbocycles. The van der Waals surface area contributed by atoms with E-state index >= 15 is 0 Å². The number of nitrogens with one attached hydrogen (secondary N) is 1. The number of hydrogen-bond donors (Lipinski definition) is 1. The Bertz CT molecular complexity index is 1250. The number of rotatable bonds is 7. The number of aromatic nitrogens is 2. The number of halogens is 1. The SMILES string of the molecule is Cc1ccc(-c2nc3c(Cc4ccccc4Br)cc(OC(C)CN(C)C)cc3[nH]2)cc1C. The second-order valence-electron chi connectivity index (χ2n) is 8.82. The van der Waals surface area contributed by atoms with Crippen molar-refractivity contribution in [2.75, 3.05) is 20.6 Å². The molecular weight excluding hydrogens is 462 g/mol. The van der Waals surface area contributed by atoms with Crippen molar-refractivity contribution in [2.24, 2.45) is 0 Å². The third-order valence-corrected chi connectivity index (χ3v) is 6.49. The molecule has 0 aliphatic carbocycles. The number of aryl methyl sites for hydroxylation is 2. The molecule has 1 heterocycles. The van der Waals surface area contributed by atoms with Crippen LogP contribution in [0.1, 0.15) is 29.2 Å². The van der Waals surface area contributed by atoms with Gasteiger partial charge in [0.15, 0.2) is 0 Å². The average Bonchev–Trinajstić information content (AvgIpc) is 3.15. The van der Waals surface area contributed by atoms with E-state index in [1.165, 1.54) is 16.7 Å². The van der Waals surface area contributed by atoms with E-state index in [9.17, 15) is 0 Å². The lowest BCUT2D eigenvalue weighted by Crippen LogP contribution is -2.28. The van der Waals surface area contributed by atoms with Gasteiger partial charge in [0.2, 0.25) is 0 Å². The predicted molar refractivity (Wildman–Crippen MR) is 137 cm³/mol. The normalized spacial score (nSPS) is 12.5. The van der Waals surface area contributed by atoms with Crippen molar-refractivity contribution in [1.29, 1.82) is 0 Å². The van der Waals surface area contributed by atoms with Gasteiger partial charge >= 0.3 is 0 Å². The third-order valence-electron chi connectivity index (χ3n) is 5.72. The number of nitrogens with zero attached hydrogens (tertiary/aromatic N) is 2. The zero-order chi connectivity index (χ0) is 22.8. The topological polar surface area (TPSA) is 41.1 Å². The van der Waals surface area contributed by atoms with Gasteiger partial charge in [-0.2, -0.15) is 0 Å². The molecule has 5 heteroatoms. The highest BCUT2D eigenvalue weighted by molar-refractivity contribution is 9.10. The first kappa shape index (κ1) is 22.6. The number of H-pyrrole nitrogens is 1. The first-order chi connectivity index (χ1) is 15.3. The summed E-state index contributed by atoms with van der Waals surface area (Å²) in [5.74, 6) is 1.75. The molecule has 4 rings (SSSR count). The van der Waals surface area contributed by atoms with Crippen molar-refractivity contribution in [3.05, 3.63) is 81.3 Å². The van der Waals surface area contributed by atoms with Crippen LogP contribution < -0.4 is 4.74 Å². The van der Waals surface area contributed by atoms with Gasteiger partial charge in [-0.25, -0.2) is 4.98 Å². The fourth-order valence-electron chi connectivity index (χ4n) is 4.02. The first-order valence-corrected chi connectivity index (χ1v) is 11.7. The van der Waals surface area contributed by atoms with Gasteiger partial charge in [0.1, 0.15) is 17.7 Å². The van der Waals surface area contributed by atoms with Crippen LogP contribution in [0.2, 0.25) is 0 Å². The maximum Gasteiger partial charge on any atom is 0.138 e. The summed E-state index contributed by atoms with van der Waals surface area (Å²) in [7, 11) is 4.12. The lowest BCUT2D eigenvalue weighted by Gasteiger charge is -2.19. The molecule has 32 heavy (non-hydrogen) atoms. The number of aromatic amines is 1. The monoisotopic (exact) mass is 491 g/mol. The highest BCUT2D eigenvalue weighted by Crippen LogP contribution is 2.31. The number of fused-ring (bicyclic) bond motifs is 1. The molecule has 0 saturated carbocycles. The van der Waals surface area contributed by atoms with Crippen LogP contribution in [0.25, 0.3) is 22.4 Å². The van der Waals surface area contributed by atoms with Crippen molar-refractivity contribution in [2.45, 2.75) is 33.3 Å². The molecule has 0 saturated heterocycles. The van der Waals surface area contributed by atoms with Gasteiger partial charge < -0.3 is 14.6 Å². The Morgan fingerprint density at radius 1 is 1.00 bits per heavy atom. The fourth-order valence-corrected chi connectivity index (χ4v) is 4.44. The van der Waals surface area contributed by atoms with E-state index in [-0.39, 0.29) is 6.10 Å². The van der Waals surface area contributed by atoms with Gasteiger partial charge in [-0.05, 0) is 75.3 Å². The Labute approximate surface area is 198 Å². The maximum atomic E-state index is 6.29. The lowest BCUT2D eigenvalue weighted by atomic mass is 10.0. The molecule has 1 atom stereocenters. The molecule has 1 aromatic heterocycles. The molecule has 1 unspecified atom stereocenters. The lowest BCUT2D eigenvalue weighted by molar-refractivity contribution is 0.177. The highest BCUT2D eigenvalue weighted by atomic mass is 79.9. The zero-order valence-corrected chi connectivity index (χ0v) is 21.0. The summed E-state index contributed by atoms with van der Waals surface area (Å²) in [6, 6.07) is 19.0. The smallest absolute Gasteiger partial charge is 0.138 e. The Morgan fingerprint density at radius 2 is 1.78 bits per heavy atom. The largest absolute Gasteiger partial charge is 0.489 e. The molecular formula is C27H30BrN3O. The number of hydrogen-bond acceptors (Lipinski definition) is 3. The van der Waals surface area contributed by atoms with E-state index in [4.69, 9.17) is 9.72 Å². The molecule has 166 valence electrons. The van der Waals surface area contributed by atoms with Crippen LogP contribution >= 0.6 is 15.9 Å². The van der Waals surface area contributed by atoms with Crippen molar-refractivity contribution >= 4 is 27.0 Å². The molecule has 0 aliphatic rings. The van der Waals surface area contributed by atoms with Gasteiger partial charge in [0.25, 0.3) is 0 Å². The average molecular weight is 492 g/mol. The van der Waals surface area contributed by atoms with Crippen LogP contribution in [0.15, 0.2) is 59.1 Å². The van der Waals surface area contributed by atoms with Crippen LogP contribution in [0, 0.1) is 13.8 Å². The summed E-state index contributed by atoms with van der Waals surface area (Å²) < 4.78 is 7.39. The summed E-state index contributed by atoms with van der Waals surface area (Å²) in [6.07, 6.45) is 0.856. The van der Waals surface area contributed by atoms with Crippen LogP contribution in [0.3, 0.4) is 0 Å². The summed E-state index contributed by atoms with van der Waals surface area (Å²) in [5, 5.41) is 0. The predicted octanol–water partition coefficient (Wildman–Crippen LogP) is 6.53. The van der Waals surface area contributed by atoms with Crippen molar-refractivity contribution in [3.63, 3.8) is 0 Å². The minimum absolute atomic E-state index is 0.0842. The molecule has 0 fully saturated rings. The van der Waals surface area contributed by atoms with Crippen molar-refractivity contribution < 1.29 is 4.74 Å². The van der Waals surface area contributed by atoms with Crippen LogP contribution in [0.5, 0.6) is 5.75 Å².